The van der Waals surface area contributed by atoms with Gasteiger partial charge in [0.05, 0.1) is 17.6 Å². The number of hydrogen-bond acceptors (Lipinski definition) is 4. The lowest BCUT2D eigenvalue weighted by Gasteiger charge is -2.07. The molecule has 17 heavy (non-hydrogen) atoms. The Morgan fingerprint density at radius 3 is 2.82 bits per heavy atom. The van der Waals surface area contributed by atoms with Crippen LogP contribution in [-0.4, -0.2) is 23.6 Å². The normalized spacial score (nSPS) is 11.4. The lowest BCUT2D eigenvalue weighted by atomic mass is 10.4. The highest BCUT2D eigenvalue weighted by Crippen LogP contribution is 2.22. The second-order valence-corrected chi connectivity index (χ2v) is 5.71. The summed E-state index contributed by atoms with van der Waals surface area (Å²) in [4.78, 5) is 4.05. The van der Waals surface area contributed by atoms with Gasteiger partial charge in [0.25, 0.3) is 10.0 Å². The van der Waals surface area contributed by atoms with Gasteiger partial charge in [-0.05, 0) is 35.0 Å². The molecule has 8 heteroatoms. The van der Waals surface area contributed by atoms with Crippen LogP contribution in [0.4, 0.5) is 5.69 Å². The molecule has 2 N–H and O–H groups in total. The molecule has 0 bridgehead atoms. The Balaban J connectivity index is 2.37. The number of nitrogens with zero attached hydrogens (tertiary/aromatic N) is 2. The van der Waals surface area contributed by atoms with E-state index in [9.17, 15) is 8.42 Å². The number of aromatic nitrogens is 3. The van der Waals surface area contributed by atoms with Gasteiger partial charge in [-0.25, -0.2) is 13.4 Å². The van der Waals surface area contributed by atoms with Gasteiger partial charge in [-0.1, -0.05) is 0 Å². The van der Waals surface area contributed by atoms with Crippen molar-refractivity contribution in [3.05, 3.63) is 34.8 Å². The first kappa shape index (κ1) is 12.1. The zero-order valence-corrected chi connectivity index (χ0v) is 11.2. The standard InChI is InChI=1S/C9H9BrN4O2S/c1-6-8(5-12-13-6)17(15,16)14-7-3-2-4-11-9(7)10/h2-5,14H,1H3,(H,12,13). The van der Waals surface area contributed by atoms with Gasteiger partial charge in [0.1, 0.15) is 9.50 Å². The minimum Gasteiger partial charge on any atom is -0.281 e. The molecule has 0 aliphatic heterocycles. The van der Waals surface area contributed by atoms with Crippen LogP contribution in [-0.2, 0) is 10.0 Å². The molecular weight excluding hydrogens is 308 g/mol. The summed E-state index contributed by atoms with van der Waals surface area (Å²) in [7, 11) is -3.64. The molecule has 0 saturated heterocycles. The van der Waals surface area contributed by atoms with Crippen LogP contribution in [0.5, 0.6) is 0 Å². The van der Waals surface area contributed by atoms with Crippen LogP contribution >= 0.6 is 15.9 Å². The first-order valence-electron chi connectivity index (χ1n) is 4.64. The molecule has 0 saturated carbocycles. The van der Waals surface area contributed by atoms with Gasteiger partial charge in [0.15, 0.2) is 0 Å². The van der Waals surface area contributed by atoms with E-state index in [1.807, 2.05) is 0 Å². The van der Waals surface area contributed by atoms with Gasteiger partial charge in [-0.15, -0.1) is 0 Å². The largest absolute Gasteiger partial charge is 0.281 e. The SMILES string of the molecule is Cc1[nH]ncc1S(=O)(=O)Nc1cccnc1Br. The fourth-order valence-electron chi connectivity index (χ4n) is 1.27. The summed E-state index contributed by atoms with van der Waals surface area (Å²) in [6.07, 6.45) is 2.83. The molecule has 0 aromatic carbocycles. The number of rotatable bonds is 3. The van der Waals surface area contributed by atoms with E-state index in [-0.39, 0.29) is 4.90 Å². The van der Waals surface area contributed by atoms with Crippen molar-refractivity contribution in [3.63, 3.8) is 0 Å². The molecule has 0 unspecified atom stereocenters. The monoisotopic (exact) mass is 316 g/mol. The van der Waals surface area contributed by atoms with Crippen molar-refractivity contribution in [2.24, 2.45) is 0 Å². The quantitative estimate of drug-likeness (QED) is 0.843. The van der Waals surface area contributed by atoms with Crippen molar-refractivity contribution in [3.8, 4) is 0 Å². The average molecular weight is 317 g/mol. The van der Waals surface area contributed by atoms with Crippen LogP contribution in [0.25, 0.3) is 0 Å². The van der Waals surface area contributed by atoms with Gasteiger partial charge in [0, 0.05) is 6.20 Å². The van der Waals surface area contributed by atoms with Gasteiger partial charge in [-0.2, -0.15) is 5.10 Å². The molecule has 2 rings (SSSR count). The third kappa shape index (κ3) is 2.47. The molecular formula is C9H9BrN4O2S. The van der Waals surface area contributed by atoms with Crippen LogP contribution in [0.1, 0.15) is 5.69 Å². The van der Waals surface area contributed by atoms with Crippen LogP contribution in [0.15, 0.2) is 34.0 Å². The number of aryl methyl sites for hydroxylation is 1. The molecule has 0 atom stereocenters. The highest BCUT2D eigenvalue weighted by Gasteiger charge is 2.19. The van der Waals surface area contributed by atoms with E-state index < -0.39 is 10.0 Å². The highest BCUT2D eigenvalue weighted by atomic mass is 79.9. The molecule has 0 spiro atoms. The second-order valence-electron chi connectivity index (χ2n) is 3.31. The van der Waals surface area contributed by atoms with Crippen molar-refractivity contribution in [2.75, 3.05) is 4.72 Å². The lowest BCUT2D eigenvalue weighted by Crippen LogP contribution is -2.14. The summed E-state index contributed by atoms with van der Waals surface area (Å²) in [6.45, 7) is 1.64. The summed E-state index contributed by atoms with van der Waals surface area (Å²) in [5.41, 5.74) is 0.866. The Labute approximate surface area is 107 Å². The summed E-state index contributed by atoms with van der Waals surface area (Å²) >= 11 is 3.17. The predicted molar refractivity (Wildman–Crippen MR) is 66.1 cm³/mol. The fraction of sp³-hybridized carbons (Fsp3) is 0.111. The van der Waals surface area contributed by atoms with E-state index >= 15 is 0 Å². The van der Waals surface area contributed by atoms with Crippen LogP contribution in [0.3, 0.4) is 0 Å². The number of pyridine rings is 1. The van der Waals surface area contributed by atoms with E-state index in [0.717, 1.165) is 0 Å². The number of anilines is 1. The van der Waals surface area contributed by atoms with Crippen molar-refractivity contribution in [1.82, 2.24) is 15.2 Å². The number of hydrogen-bond donors (Lipinski definition) is 2. The van der Waals surface area contributed by atoms with E-state index in [1.165, 1.54) is 6.20 Å². The molecule has 2 aromatic rings. The van der Waals surface area contributed by atoms with Crippen molar-refractivity contribution < 1.29 is 8.42 Å². The number of aromatic amines is 1. The molecule has 0 aliphatic rings. The van der Waals surface area contributed by atoms with Crippen LogP contribution in [0.2, 0.25) is 0 Å². The van der Waals surface area contributed by atoms with Crippen LogP contribution < -0.4 is 4.72 Å². The summed E-state index contributed by atoms with van der Waals surface area (Å²) in [5, 5.41) is 6.26. The van der Waals surface area contributed by atoms with Gasteiger partial charge in [-0.3, -0.25) is 9.82 Å². The Morgan fingerprint density at radius 2 is 2.24 bits per heavy atom. The van der Waals surface area contributed by atoms with Gasteiger partial charge in [0.2, 0.25) is 0 Å². The molecule has 6 nitrogen and oxygen atoms in total. The number of H-pyrrole nitrogens is 1. The molecule has 2 aromatic heterocycles. The number of sulfonamides is 1. The van der Waals surface area contributed by atoms with Gasteiger partial charge < -0.3 is 0 Å². The van der Waals surface area contributed by atoms with E-state index in [4.69, 9.17) is 0 Å². The number of nitrogens with one attached hydrogen (secondary N) is 2. The second kappa shape index (κ2) is 4.46. The first-order valence-corrected chi connectivity index (χ1v) is 6.91. The van der Waals surface area contributed by atoms with Crippen molar-refractivity contribution in [2.45, 2.75) is 11.8 Å². The van der Waals surface area contributed by atoms with Crippen molar-refractivity contribution in [1.29, 1.82) is 0 Å². The first-order chi connectivity index (χ1) is 8.00. The number of halogens is 1. The maximum atomic E-state index is 12.0. The maximum absolute atomic E-state index is 12.0. The van der Waals surface area contributed by atoms with Crippen molar-refractivity contribution >= 4 is 31.6 Å². The Hall–Kier alpha value is -1.41. The summed E-state index contributed by atoms with van der Waals surface area (Å²) < 4.78 is 26.9. The summed E-state index contributed by atoms with van der Waals surface area (Å²) in [6, 6.07) is 3.26. The fourth-order valence-corrected chi connectivity index (χ4v) is 2.96. The molecule has 0 radical (unpaired) electrons. The Bertz CT molecular complexity index is 638. The Kier molecular flexibility index (Phi) is 3.16. The Morgan fingerprint density at radius 1 is 1.47 bits per heavy atom. The average Bonchev–Trinajstić information content (AvgIpc) is 2.68. The molecule has 0 aliphatic carbocycles. The smallest absolute Gasteiger partial charge is 0.265 e. The zero-order chi connectivity index (χ0) is 12.5. The van der Waals surface area contributed by atoms with Crippen LogP contribution in [0, 0.1) is 6.92 Å². The minimum atomic E-state index is -3.64. The maximum Gasteiger partial charge on any atom is 0.265 e. The zero-order valence-electron chi connectivity index (χ0n) is 8.81. The third-order valence-corrected chi connectivity index (χ3v) is 4.19. The lowest BCUT2D eigenvalue weighted by molar-refractivity contribution is 0.600. The third-order valence-electron chi connectivity index (χ3n) is 2.08. The summed E-state index contributed by atoms with van der Waals surface area (Å²) in [5.74, 6) is 0. The molecule has 0 fully saturated rings. The topological polar surface area (TPSA) is 87.7 Å². The minimum absolute atomic E-state index is 0.119. The molecule has 2 heterocycles. The van der Waals surface area contributed by atoms with E-state index in [1.54, 1.807) is 25.3 Å². The highest BCUT2D eigenvalue weighted by molar-refractivity contribution is 9.10. The predicted octanol–water partition coefficient (Wildman–Crippen LogP) is 1.68. The van der Waals surface area contributed by atoms with E-state index in [0.29, 0.717) is 16.0 Å². The van der Waals surface area contributed by atoms with E-state index in [2.05, 4.69) is 35.8 Å². The van der Waals surface area contributed by atoms with Gasteiger partial charge >= 0.3 is 0 Å². The molecule has 0 amide bonds. The molecule has 90 valence electrons.